The molecule has 140 valence electrons. The van der Waals surface area contributed by atoms with Gasteiger partial charge in [-0.15, -0.1) is 11.8 Å². The molecule has 25 heavy (non-hydrogen) atoms. The van der Waals surface area contributed by atoms with E-state index in [0.717, 1.165) is 49.7 Å². The predicted molar refractivity (Wildman–Crippen MR) is 111 cm³/mol. The molecule has 0 amide bonds. The molecule has 4 nitrogen and oxygen atoms in total. The average Bonchev–Trinajstić information content (AvgIpc) is 2.65. The molecule has 1 aliphatic rings. The van der Waals surface area contributed by atoms with Gasteiger partial charge in [-0.2, -0.15) is 0 Å². The average molecular weight is 382 g/mol. The van der Waals surface area contributed by atoms with Gasteiger partial charge in [0, 0.05) is 52.1 Å². The molecular weight excluding hydrogens is 350 g/mol. The first kappa shape index (κ1) is 20.3. The molecule has 0 aromatic heterocycles. The van der Waals surface area contributed by atoms with Crippen molar-refractivity contribution in [3.05, 3.63) is 29.8 Å². The van der Waals surface area contributed by atoms with Gasteiger partial charge in [0.05, 0.1) is 0 Å². The Kier molecular flexibility index (Phi) is 8.82. The number of aliphatic imine (C=N–C) groups is 1. The Bertz CT molecular complexity index is 575. The van der Waals surface area contributed by atoms with Crippen molar-refractivity contribution in [2.24, 2.45) is 4.99 Å². The van der Waals surface area contributed by atoms with Gasteiger partial charge in [-0.1, -0.05) is 31.0 Å². The van der Waals surface area contributed by atoms with E-state index in [-0.39, 0.29) is 0 Å². The molecular formula is C19H31N3OS2. The van der Waals surface area contributed by atoms with Crippen LogP contribution in [-0.4, -0.2) is 46.6 Å². The van der Waals surface area contributed by atoms with Crippen molar-refractivity contribution in [1.82, 2.24) is 10.6 Å². The van der Waals surface area contributed by atoms with Crippen molar-refractivity contribution in [2.75, 3.05) is 25.1 Å². The highest BCUT2D eigenvalue weighted by molar-refractivity contribution is 7.99. The van der Waals surface area contributed by atoms with Crippen LogP contribution in [0.1, 0.15) is 38.2 Å². The van der Waals surface area contributed by atoms with Crippen LogP contribution in [0, 0.1) is 6.92 Å². The van der Waals surface area contributed by atoms with Gasteiger partial charge in [-0.05, 0) is 38.3 Å². The van der Waals surface area contributed by atoms with Crippen molar-refractivity contribution >= 4 is 28.5 Å². The van der Waals surface area contributed by atoms with E-state index in [1.165, 1.54) is 10.5 Å². The van der Waals surface area contributed by atoms with Crippen molar-refractivity contribution < 1.29 is 4.21 Å². The Morgan fingerprint density at radius 1 is 1.32 bits per heavy atom. The lowest BCUT2D eigenvalue weighted by Gasteiger charge is -2.30. The summed E-state index contributed by atoms with van der Waals surface area (Å²) in [4.78, 5) is 5.64. The Labute approximate surface area is 159 Å². The Morgan fingerprint density at radius 2 is 2.08 bits per heavy atom. The number of hydrogen-bond donors (Lipinski definition) is 2. The molecule has 0 radical (unpaired) electrons. The van der Waals surface area contributed by atoms with E-state index in [9.17, 15) is 4.21 Å². The highest BCUT2D eigenvalue weighted by atomic mass is 32.2. The van der Waals surface area contributed by atoms with Crippen molar-refractivity contribution in [3.8, 4) is 0 Å². The maximum absolute atomic E-state index is 12.1. The summed E-state index contributed by atoms with van der Waals surface area (Å²) in [7, 11) is 1.13. The highest BCUT2D eigenvalue weighted by Gasteiger charge is 2.25. The second kappa shape index (κ2) is 10.9. The molecule has 0 heterocycles. The second-order valence-corrected chi connectivity index (χ2v) is 9.63. The molecule has 3 unspecified atom stereocenters. The zero-order chi connectivity index (χ0) is 18.1. The number of guanidine groups is 1. The summed E-state index contributed by atoms with van der Waals surface area (Å²) in [6, 6.07) is 9.02. The number of nitrogens with one attached hydrogen (secondary N) is 2. The van der Waals surface area contributed by atoms with Gasteiger partial charge in [0.15, 0.2) is 5.96 Å². The van der Waals surface area contributed by atoms with Crippen LogP contribution in [0.25, 0.3) is 0 Å². The van der Waals surface area contributed by atoms with Gasteiger partial charge in [0.25, 0.3) is 0 Å². The van der Waals surface area contributed by atoms with Crippen LogP contribution in [0.15, 0.2) is 34.2 Å². The molecule has 0 saturated heterocycles. The van der Waals surface area contributed by atoms with Gasteiger partial charge >= 0.3 is 0 Å². The molecule has 1 aliphatic carbocycles. The van der Waals surface area contributed by atoms with E-state index < -0.39 is 10.8 Å². The smallest absolute Gasteiger partial charge is 0.191 e. The predicted octanol–water partition coefficient (Wildman–Crippen LogP) is 3.33. The largest absolute Gasteiger partial charge is 0.356 e. The van der Waals surface area contributed by atoms with Crippen LogP contribution in [0.2, 0.25) is 0 Å². The zero-order valence-electron chi connectivity index (χ0n) is 15.6. The van der Waals surface area contributed by atoms with Crippen LogP contribution in [0.5, 0.6) is 0 Å². The molecule has 1 saturated carbocycles. The number of rotatable bonds is 7. The topological polar surface area (TPSA) is 53.5 Å². The Balaban J connectivity index is 1.71. The summed E-state index contributed by atoms with van der Waals surface area (Å²) in [5, 5.41) is 7.25. The van der Waals surface area contributed by atoms with Gasteiger partial charge < -0.3 is 10.6 Å². The first-order chi connectivity index (χ1) is 12.1. The Morgan fingerprint density at radius 3 is 2.76 bits per heavy atom. The molecule has 1 aromatic rings. The summed E-state index contributed by atoms with van der Waals surface area (Å²) in [5.41, 5.74) is 1.29. The molecule has 0 bridgehead atoms. The summed E-state index contributed by atoms with van der Waals surface area (Å²) >= 11 is 1.85. The van der Waals surface area contributed by atoms with Gasteiger partial charge in [0.1, 0.15) is 0 Å². The molecule has 0 spiro atoms. The minimum atomic E-state index is -0.684. The zero-order valence-corrected chi connectivity index (χ0v) is 17.2. The van der Waals surface area contributed by atoms with Crippen LogP contribution >= 0.6 is 11.8 Å². The molecule has 0 aliphatic heterocycles. The third-order valence-electron chi connectivity index (χ3n) is 4.53. The molecule has 2 rings (SSSR count). The normalized spacial score (nSPS) is 22.4. The van der Waals surface area contributed by atoms with Crippen LogP contribution in [-0.2, 0) is 10.8 Å². The number of aryl methyl sites for hydroxylation is 1. The van der Waals surface area contributed by atoms with Crippen LogP contribution in [0.3, 0.4) is 0 Å². The molecule has 1 aromatic carbocycles. The summed E-state index contributed by atoms with van der Waals surface area (Å²) in [6.07, 6.45) is 4.36. The van der Waals surface area contributed by atoms with E-state index in [1.54, 1.807) is 0 Å². The van der Waals surface area contributed by atoms with Crippen LogP contribution < -0.4 is 10.6 Å². The van der Waals surface area contributed by atoms with E-state index in [2.05, 4.69) is 46.8 Å². The van der Waals surface area contributed by atoms with Crippen molar-refractivity contribution in [2.45, 2.75) is 55.7 Å². The minimum Gasteiger partial charge on any atom is -0.356 e. The monoisotopic (exact) mass is 381 g/mol. The number of hydrogen-bond acceptors (Lipinski definition) is 3. The second-order valence-electron chi connectivity index (χ2n) is 6.46. The summed E-state index contributed by atoms with van der Waals surface area (Å²) in [6.45, 7) is 4.99. The molecule has 2 N–H and O–H groups in total. The number of nitrogens with zero attached hydrogens (tertiary/aromatic N) is 1. The van der Waals surface area contributed by atoms with E-state index in [1.807, 2.05) is 25.7 Å². The van der Waals surface area contributed by atoms with Gasteiger partial charge in [-0.3, -0.25) is 9.20 Å². The standard InChI is InChI=1S/C19H31N3OS2/c1-4-25(23)18-7-5-6-16(14-18)22-19(20-3)21-12-13-24-17-10-8-15(2)9-11-17/h8-11,16,18H,4-7,12-14H2,1-3H3,(H2,20,21,22). The fourth-order valence-corrected chi connectivity index (χ4v) is 5.23. The third kappa shape index (κ3) is 7.02. The van der Waals surface area contributed by atoms with Crippen molar-refractivity contribution in [3.63, 3.8) is 0 Å². The lowest BCUT2D eigenvalue weighted by Crippen LogP contribution is -2.47. The summed E-state index contributed by atoms with van der Waals surface area (Å²) < 4.78 is 12.1. The van der Waals surface area contributed by atoms with Crippen molar-refractivity contribution in [1.29, 1.82) is 0 Å². The van der Waals surface area contributed by atoms with E-state index in [4.69, 9.17) is 0 Å². The van der Waals surface area contributed by atoms with E-state index in [0.29, 0.717) is 11.3 Å². The van der Waals surface area contributed by atoms with Crippen LogP contribution in [0.4, 0.5) is 0 Å². The lowest BCUT2D eigenvalue weighted by atomic mass is 9.95. The van der Waals surface area contributed by atoms with E-state index >= 15 is 0 Å². The van der Waals surface area contributed by atoms with Gasteiger partial charge in [0.2, 0.25) is 0 Å². The maximum Gasteiger partial charge on any atom is 0.191 e. The maximum atomic E-state index is 12.1. The first-order valence-corrected chi connectivity index (χ1v) is 11.5. The number of benzene rings is 1. The third-order valence-corrected chi connectivity index (χ3v) is 7.29. The fraction of sp³-hybridized carbons (Fsp3) is 0.632. The molecule has 3 atom stereocenters. The highest BCUT2D eigenvalue weighted by Crippen LogP contribution is 2.23. The fourth-order valence-electron chi connectivity index (χ4n) is 3.11. The number of thioether (sulfide) groups is 1. The minimum absolute atomic E-state index is 0.339. The molecule has 1 fully saturated rings. The SMILES string of the molecule is CCS(=O)C1CCCC(NC(=NC)NCCSc2ccc(C)cc2)C1. The quantitative estimate of drug-likeness (QED) is 0.329. The Hall–Kier alpha value is -1.01. The van der Waals surface area contributed by atoms with Gasteiger partial charge in [-0.25, -0.2) is 0 Å². The lowest BCUT2D eigenvalue weighted by molar-refractivity contribution is 0.414. The summed E-state index contributed by atoms with van der Waals surface area (Å²) in [5.74, 6) is 2.62. The molecule has 6 heteroatoms. The first-order valence-electron chi connectivity index (χ1n) is 9.16.